The summed E-state index contributed by atoms with van der Waals surface area (Å²) >= 11 is 0. The van der Waals surface area contributed by atoms with E-state index in [1.54, 1.807) is 18.9 Å². The molecule has 1 fully saturated rings. The van der Waals surface area contributed by atoms with Crippen LogP contribution in [0.25, 0.3) is 10.9 Å². The highest BCUT2D eigenvalue weighted by Crippen LogP contribution is 2.50. The van der Waals surface area contributed by atoms with Crippen molar-refractivity contribution in [3.63, 3.8) is 0 Å². The molecule has 0 aliphatic carbocycles. The van der Waals surface area contributed by atoms with Crippen LogP contribution in [0.2, 0.25) is 0 Å². The lowest BCUT2D eigenvalue weighted by Crippen LogP contribution is -2.68. The molecular weight excluding hydrogens is 473 g/mol. The molecule has 1 spiro atoms. The minimum Gasteiger partial charge on any atom is -0.497 e. The van der Waals surface area contributed by atoms with Crippen LogP contribution in [-0.4, -0.2) is 72.3 Å². The molecular formula is C25H28FN3O5S. The van der Waals surface area contributed by atoms with Crippen molar-refractivity contribution in [2.75, 3.05) is 39.1 Å². The third kappa shape index (κ3) is 3.54. The molecule has 0 bridgehead atoms. The van der Waals surface area contributed by atoms with Crippen LogP contribution in [0.5, 0.6) is 5.75 Å². The monoisotopic (exact) mass is 501 g/mol. The highest BCUT2D eigenvalue weighted by molar-refractivity contribution is 7.89. The average Bonchev–Trinajstić information content (AvgIpc) is 3.13. The smallest absolute Gasteiger partial charge is 0.254 e. The zero-order chi connectivity index (χ0) is 25.1. The highest BCUT2D eigenvalue weighted by atomic mass is 32.2. The largest absolute Gasteiger partial charge is 0.497 e. The van der Waals surface area contributed by atoms with E-state index in [1.165, 1.54) is 28.6 Å². The molecule has 2 aromatic carbocycles. The molecule has 1 saturated heterocycles. The van der Waals surface area contributed by atoms with Crippen molar-refractivity contribution in [1.82, 2.24) is 13.8 Å². The summed E-state index contributed by atoms with van der Waals surface area (Å²) in [5.74, 6) is -0.110. The molecule has 5 rings (SSSR count). The minimum atomic E-state index is -3.40. The van der Waals surface area contributed by atoms with Crippen molar-refractivity contribution in [3.8, 4) is 5.75 Å². The number of aromatic nitrogens is 1. The molecule has 0 radical (unpaired) electrons. The number of nitrogens with zero attached hydrogens (tertiary/aromatic N) is 3. The standard InChI is InChI=1S/C25H28FN3O5S/c1-4-35(32,33)28-13-25(14-28)15-29(24(31)16-5-7-17(26)8-6-16)21(12-30)23-22(25)19-10-9-18(34-3)11-20(19)27(23)2/h5-11,21,30H,4,12-15H2,1-3H3/t21-/m0/s1. The maximum atomic E-state index is 13.6. The van der Waals surface area contributed by atoms with Gasteiger partial charge in [0, 0.05) is 54.8 Å². The van der Waals surface area contributed by atoms with Crippen LogP contribution in [0, 0.1) is 5.82 Å². The van der Waals surface area contributed by atoms with Crippen molar-refractivity contribution in [1.29, 1.82) is 0 Å². The van der Waals surface area contributed by atoms with Crippen LogP contribution in [0.3, 0.4) is 0 Å². The van der Waals surface area contributed by atoms with Crippen LogP contribution >= 0.6 is 0 Å². The number of aliphatic hydroxyl groups excluding tert-OH is 1. The molecule has 1 amide bonds. The van der Waals surface area contributed by atoms with Gasteiger partial charge in [0.2, 0.25) is 10.0 Å². The van der Waals surface area contributed by atoms with E-state index in [0.29, 0.717) is 11.3 Å². The Balaban J connectivity index is 1.69. The summed E-state index contributed by atoms with van der Waals surface area (Å²) in [6.45, 7) is 2.03. The summed E-state index contributed by atoms with van der Waals surface area (Å²) in [6, 6.07) is 10.4. The molecule has 10 heteroatoms. The number of carbonyl (C=O) groups excluding carboxylic acids is 1. The van der Waals surface area contributed by atoms with Gasteiger partial charge in [-0.25, -0.2) is 12.8 Å². The SMILES string of the molecule is CCS(=O)(=O)N1CC2(CN(C(=O)c3ccc(F)cc3)[C@@H](CO)c3c2c2ccc(OC)cc2n3C)C1. The Kier molecular flexibility index (Phi) is 5.65. The van der Waals surface area contributed by atoms with E-state index in [2.05, 4.69) is 0 Å². The first-order valence-corrected chi connectivity index (χ1v) is 13.1. The Hall–Kier alpha value is -2.95. The van der Waals surface area contributed by atoms with E-state index in [9.17, 15) is 22.7 Å². The molecule has 3 heterocycles. The predicted molar refractivity (Wildman–Crippen MR) is 129 cm³/mol. The number of halogens is 1. The molecule has 0 saturated carbocycles. The van der Waals surface area contributed by atoms with E-state index in [0.717, 1.165) is 22.2 Å². The van der Waals surface area contributed by atoms with Crippen molar-refractivity contribution >= 4 is 26.8 Å². The lowest BCUT2D eigenvalue weighted by atomic mass is 9.69. The quantitative estimate of drug-likeness (QED) is 0.580. The predicted octanol–water partition coefficient (Wildman–Crippen LogP) is 2.42. The first-order valence-electron chi connectivity index (χ1n) is 11.5. The van der Waals surface area contributed by atoms with Crippen molar-refractivity contribution in [2.24, 2.45) is 7.05 Å². The highest BCUT2D eigenvalue weighted by Gasteiger charge is 2.56. The average molecular weight is 502 g/mol. The molecule has 1 aromatic heterocycles. The van der Waals surface area contributed by atoms with E-state index >= 15 is 0 Å². The van der Waals surface area contributed by atoms with Crippen LogP contribution in [0.1, 0.15) is 34.6 Å². The third-order valence-corrected chi connectivity index (χ3v) is 9.16. The number of carbonyl (C=O) groups is 1. The topological polar surface area (TPSA) is 92.1 Å². The number of hydrogen-bond donors (Lipinski definition) is 1. The Bertz CT molecular complexity index is 1410. The molecule has 8 nitrogen and oxygen atoms in total. The molecule has 0 unspecified atom stereocenters. The maximum absolute atomic E-state index is 13.6. The van der Waals surface area contributed by atoms with Crippen molar-refractivity contribution in [3.05, 3.63) is 65.1 Å². The molecule has 3 aromatic rings. The van der Waals surface area contributed by atoms with Gasteiger partial charge in [-0.15, -0.1) is 0 Å². The second-order valence-corrected chi connectivity index (χ2v) is 11.5. The molecule has 1 atom stereocenters. The number of amides is 1. The Labute approximate surface area is 203 Å². The second kappa shape index (κ2) is 8.32. The molecule has 1 N–H and O–H groups in total. The second-order valence-electron chi connectivity index (χ2n) is 9.29. The summed E-state index contributed by atoms with van der Waals surface area (Å²) in [4.78, 5) is 15.2. The summed E-state index contributed by atoms with van der Waals surface area (Å²) in [6.07, 6.45) is 0. The number of aryl methyl sites for hydroxylation is 1. The fraction of sp³-hybridized carbons (Fsp3) is 0.400. The van der Waals surface area contributed by atoms with Crippen LogP contribution < -0.4 is 4.74 Å². The van der Waals surface area contributed by atoms with E-state index in [-0.39, 0.29) is 37.9 Å². The lowest BCUT2D eigenvalue weighted by molar-refractivity contribution is 0.0238. The molecule has 2 aliphatic rings. The number of fused-ring (bicyclic) bond motifs is 4. The third-order valence-electron chi connectivity index (χ3n) is 7.39. The fourth-order valence-corrected chi connectivity index (χ4v) is 6.85. The number of rotatable bonds is 5. The van der Waals surface area contributed by atoms with E-state index < -0.39 is 27.3 Å². The van der Waals surface area contributed by atoms with Gasteiger partial charge in [0.15, 0.2) is 0 Å². The van der Waals surface area contributed by atoms with Gasteiger partial charge >= 0.3 is 0 Å². The van der Waals surface area contributed by atoms with Crippen LogP contribution in [-0.2, 0) is 22.5 Å². The number of ether oxygens (including phenoxy) is 1. The summed E-state index contributed by atoms with van der Waals surface area (Å²) in [7, 11) is 0.0667. The van der Waals surface area contributed by atoms with Gasteiger partial charge in [-0.05, 0) is 48.9 Å². The molecule has 2 aliphatic heterocycles. The van der Waals surface area contributed by atoms with Gasteiger partial charge in [0.1, 0.15) is 11.6 Å². The van der Waals surface area contributed by atoms with Gasteiger partial charge < -0.3 is 19.3 Å². The van der Waals surface area contributed by atoms with Gasteiger partial charge in [0.25, 0.3) is 5.91 Å². The Morgan fingerprint density at radius 3 is 2.46 bits per heavy atom. The summed E-state index contributed by atoms with van der Waals surface area (Å²) < 4.78 is 47.5. The summed E-state index contributed by atoms with van der Waals surface area (Å²) in [5, 5.41) is 11.4. The van der Waals surface area contributed by atoms with Gasteiger partial charge in [-0.1, -0.05) is 0 Å². The first kappa shape index (κ1) is 23.8. The zero-order valence-corrected chi connectivity index (χ0v) is 20.7. The van der Waals surface area contributed by atoms with E-state index in [1.807, 2.05) is 29.8 Å². The van der Waals surface area contributed by atoms with Gasteiger partial charge in [-0.2, -0.15) is 4.31 Å². The van der Waals surface area contributed by atoms with Crippen LogP contribution in [0.15, 0.2) is 42.5 Å². The Morgan fingerprint density at radius 1 is 1.17 bits per heavy atom. The normalized spacial score (nSPS) is 19.6. The van der Waals surface area contributed by atoms with E-state index in [4.69, 9.17) is 4.74 Å². The minimum absolute atomic E-state index is 0.000161. The lowest BCUT2D eigenvalue weighted by Gasteiger charge is -2.55. The number of benzene rings is 2. The van der Waals surface area contributed by atoms with Crippen molar-refractivity contribution in [2.45, 2.75) is 18.4 Å². The molecule has 186 valence electrons. The molecule has 35 heavy (non-hydrogen) atoms. The van der Waals surface area contributed by atoms with Gasteiger partial charge in [0.05, 0.1) is 31.0 Å². The number of hydrogen-bond acceptors (Lipinski definition) is 5. The fourth-order valence-electron chi connectivity index (χ4n) is 5.60. The number of aliphatic hydroxyl groups is 1. The Morgan fingerprint density at radius 2 is 1.86 bits per heavy atom. The first-order chi connectivity index (χ1) is 16.7. The van der Waals surface area contributed by atoms with Crippen molar-refractivity contribution < 1.29 is 27.4 Å². The van der Waals surface area contributed by atoms with Gasteiger partial charge in [-0.3, -0.25) is 4.79 Å². The maximum Gasteiger partial charge on any atom is 0.254 e. The number of sulfonamides is 1. The van der Waals surface area contributed by atoms with Crippen LogP contribution in [0.4, 0.5) is 4.39 Å². The summed E-state index contributed by atoms with van der Waals surface area (Å²) in [5.41, 5.74) is 2.28. The zero-order valence-electron chi connectivity index (χ0n) is 19.9. The number of methoxy groups -OCH3 is 1.